The lowest BCUT2D eigenvalue weighted by atomic mass is 10.1. The Morgan fingerprint density at radius 1 is 1.33 bits per heavy atom. The van der Waals surface area contributed by atoms with Gasteiger partial charge in [0.25, 0.3) is 10.0 Å². The number of benzene rings is 1. The monoisotopic (exact) mass is 291 g/mol. The van der Waals surface area contributed by atoms with E-state index < -0.39 is 10.0 Å². The van der Waals surface area contributed by atoms with Gasteiger partial charge in [-0.05, 0) is 37.2 Å². The fourth-order valence-electron chi connectivity index (χ4n) is 1.65. The van der Waals surface area contributed by atoms with Crippen molar-refractivity contribution >= 4 is 21.6 Å². The van der Waals surface area contributed by atoms with E-state index in [9.17, 15) is 8.42 Å². The second-order valence-electron chi connectivity index (χ2n) is 4.21. The molecule has 0 saturated heterocycles. The van der Waals surface area contributed by atoms with Gasteiger partial charge in [-0.3, -0.25) is 0 Å². The van der Waals surface area contributed by atoms with Crippen LogP contribution >= 0.6 is 11.6 Å². The third kappa shape index (κ3) is 3.66. The topological polar surface area (TPSA) is 61.4 Å². The lowest BCUT2D eigenvalue weighted by Crippen LogP contribution is -2.36. The predicted molar refractivity (Wildman–Crippen MR) is 73.0 cm³/mol. The highest BCUT2D eigenvalue weighted by Gasteiger charge is 2.20. The van der Waals surface area contributed by atoms with Crippen molar-refractivity contribution in [3.05, 3.63) is 28.3 Å². The number of hydrazine groups is 1. The van der Waals surface area contributed by atoms with Crippen LogP contribution in [-0.2, 0) is 16.6 Å². The van der Waals surface area contributed by atoms with Gasteiger partial charge in [0.1, 0.15) is 0 Å². The second kappa shape index (κ2) is 5.99. The minimum Gasteiger partial charge on any atom is -0.316 e. The molecule has 0 aliphatic carbocycles. The molecule has 0 heterocycles. The molecule has 0 aliphatic rings. The lowest BCUT2D eigenvalue weighted by molar-refractivity contribution is 0.364. The zero-order valence-electron chi connectivity index (χ0n) is 10.9. The quantitative estimate of drug-likeness (QED) is 0.798. The molecular weight excluding hydrogens is 274 g/mol. The first-order valence-electron chi connectivity index (χ1n) is 5.41. The molecule has 0 unspecified atom stereocenters. The van der Waals surface area contributed by atoms with Crippen LogP contribution in [0.5, 0.6) is 0 Å². The summed E-state index contributed by atoms with van der Waals surface area (Å²) < 4.78 is 24.3. The van der Waals surface area contributed by atoms with Crippen LogP contribution in [0.15, 0.2) is 17.0 Å². The molecule has 0 spiro atoms. The molecule has 18 heavy (non-hydrogen) atoms. The van der Waals surface area contributed by atoms with Gasteiger partial charge in [-0.1, -0.05) is 11.6 Å². The standard InChI is InChI=1S/C11H18ClN3O2S/c1-8-9(7-13-2)5-10(12)6-11(8)18(16,17)14-15(3)4/h5-6,13-14H,7H2,1-4H3. The first-order valence-corrected chi connectivity index (χ1v) is 7.27. The molecule has 0 atom stereocenters. The summed E-state index contributed by atoms with van der Waals surface area (Å²) in [4.78, 5) is 2.60. The van der Waals surface area contributed by atoms with Crippen molar-refractivity contribution in [2.75, 3.05) is 21.1 Å². The van der Waals surface area contributed by atoms with Crippen LogP contribution in [0.1, 0.15) is 11.1 Å². The summed E-state index contributed by atoms with van der Waals surface area (Å²) in [6.45, 7) is 2.34. The van der Waals surface area contributed by atoms with Gasteiger partial charge in [0.15, 0.2) is 0 Å². The van der Waals surface area contributed by atoms with E-state index in [1.54, 1.807) is 34.1 Å². The Hall–Kier alpha value is -0.660. The highest BCUT2D eigenvalue weighted by Crippen LogP contribution is 2.24. The number of hydrogen-bond acceptors (Lipinski definition) is 4. The molecule has 7 heteroatoms. The van der Waals surface area contributed by atoms with Crippen molar-refractivity contribution in [2.45, 2.75) is 18.4 Å². The van der Waals surface area contributed by atoms with Crippen molar-refractivity contribution in [1.29, 1.82) is 0 Å². The van der Waals surface area contributed by atoms with Crippen LogP contribution in [0.4, 0.5) is 0 Å². The van der Waals surface area contributed by atoms with Gasteiger partial charge in [-0.15, -0.1) is 4.83 Å². The van der Waals surface area contributed by atoms with E-state index in [1.165, 1.54) is 11.1 Å². The molecular formula is C11H18ClN3O2S. The fourth-order valence-corrected chi connectivity index (χ4v) is 3.35. The van der Waals surface area contributed by atoms with Crippen LogP contribution in [0, 0.1) is 6.92 Å². The summed E-state index contributed by atoms with van der Waals surface area (Å²) in [6.07, 6.45) is 0. The second-order valence-corrected chi connectivity index (χ2v) is 6.27. The lowest BCUT2D eigenvalue weighted by Gasteiger charge is -2.16. The summed E-state index contributed by atoms with van der Waals surface area (Å²) in [5.74, 6) is 0. The molecule has 0 saturated carbocycles. The van der Waals surface area contributed by atoms with Crippen LogP contribution in [0.25, 0.3) is 0 Å². The minimum atomic E-state index is -3.59. The molecule has 0 fully saturated rings. The van der Waals surface area contributed by atoms with Gasteiger partial charge in [0, 0.05) is 25.7 Å². The summed E-state index contributed by atoms with van der Waals surface area (Å²) in [7, 11) is 1.44. The normalized spacial score (nSPS) is 12.1. The number of halogens is 1. The third-order valence-electron chi connectivity index (χ3n) is 2.39. The van der Waals surface area contributed by atoms with Crippen LogP contribution < -0.4 is 10.1 Å². The van der Waals surface area contributed by atoms with E-state index in [1.807, 2.05) is 0 Å². The Labute approximate surface area is 113 Å². The molecule has 5 nitrogen and oxygen atoms in total. The zero-order chi connectivity index (χ0) is 13.9. The van der Waals surface area contributed by atoms with Gasteiger partial charge < -0.3 is 5.32 Å². The molecule has 0 amide bonds. The summed E-state index contributed by atoms with van der Waals surface area (Å²) in [5.41, 5.74) is 1.56. The Morgan fingerprint density at radius 2 is 1.94 bits per heavy atom. The Kier molecular flexibility index (Phi) is 5.12. The smallest absolute Gasteiger partial charge is 0.253 e. The number of rotatable bonds is 5. The number of nitrogens with one attached hydrogen (secondary N) is 2. The molecule has 0 bridgehead atoms. The molecule has 0 aromatic heterocycles. The molecule has 1 aromatic carbocycles. The average molecular weight is 292 g/mol. The summed E-state index contributed by atoms with van der Waals surface area (Å²) >= 11 is 5.97. The van der Waals surface area contributed by atoms with Crippen molar-refractivity contribution in [3.8, 4) is 0 Å². The van der Waals surface area contributed by atoms with Crippen molar-refractivity contribution < 1.29 is 8.42 Å². The van der Waals surface area contributed by atoms with E-state index >= 15 is 0 Å². The van der Waals surface area contributed by atoms with Crippen molar-refractivity contribution in [3.63, 3.8) is 0 Å². The molecule has 1 aromatic rings. The van der Waals surface area contributed by atoms with Crippen LogP contribution in [-0.4, -0.2) is 34.6 Å². The van der Waals surface area contributed by atoms with Gasteiger partial charge in [-0.25, -0.2) is 13.4 Å². The maximum absolute atomic E-state index is 12.1. The van der Waals surface area contributed by atoms with E-state index in [4.69, 9.17) is 11.6 Å². The van der Waals surface area contributed by atoms with E-state index in [0.717, 1.165) is 5.56 Å². The minimum absolute atomic E-state index is 0.203. The molecule has 0 radical (unpaired) electrons. The Bertz CT molecular complexity index is 529. The van der Waals surface area contributed by atoms with E-state index in [2.05, 4.69) is 10.1 Å². The highest BCUT2D eigenvalue weighted by atomic mass is 35.5. The number of nitrogens with zero attached hydrogens (tertiary/aromatic N) is 1. The molecule has 2 N–H and O–H groups in total. The molecule has 1 rings (SSSR count). The maximum atomic E-state index is 12.1. The highest BCUT2D eigenvalue weighted by molar-refractivity contribution is 7.89. The largest absolute Gasteiger partial charge is 0.316 e. The first kappa shape index (κ1) is 15.4. The van der Waals surface area contributed by atoms with Crippen LogP contribution in [0.3, 0.4) is 0 Å². The van der Waals surface area contributed by atoms with Crippen molar-refractivity contribution in [1.82, 2.24) is 15.2 Å². The summed E-state index contributed by atoms with van der Waals surface area (Å²) in [5, 5.41) is 4.78. The van der Waals surface area contributed by atoms with Gasteiger partial charge in [0.05, 0.1) is 4.90 Å². The molecule has 102 valence electrons. The predicted octanol–water partition coefficient (Wildman–Crippen LogP) is 1.12. The van der Waals surface area contributed by atoms with Gasteiger partial charge in [-0.2, -0.15) is 0 Å². The van der Waals surface area contributed by atoms with E-state index in [0.29, 0.717) is 17.1 Å². The summed E-state index contributed by atoms with van der Waals surface area (Å²) in [6, 6.07) is 3.23. The van der Waals surface area contributed by atoms with E-state index in [-0.39, 0.29) is 4.90 Å². The molecule has 0 aliphatic heterocycles. The number of sulfonamides is 1. The fraction of sp³-hybridized carbons (Fsp3) is 0.455. The first-order chi connectivity index (χ1) is 8.27. The Morgan fingerprint density at radius 3 is 2.44 bits per heavy atom. The van der Waals surface area contributed by atoms with Gasteiger partial charge in [0.2, 0.25) is 0 Å². The van der Waals surface area contributed by atoms with Gasteiger partial charge >= 0.3 is 0 Å². The maximum Gasteiger partial charge on any atom is 0.253 e. The number of hydrogen-bond donors (Lipinski definition) is 2. The third-order valence-corrected chi connectivity index (χ3v) is 4.22. The SMILES string of the molecule is CNCc1cc(Cl)cc(S(=O)(=O)NN(C)C)c1C. The average Bonchev–Trinajstić information content (AvgIpc) is 2.21. The van der Waals surface area contributed by atoms with Crippen LogP contribution in [0.2, 0.25) is 5.02 Å². The Balaban J connectivity index is 3.32. The van der Waals surface area contributed by atoms with Crippen molar-refractivity contribution in [2.24, 2.45) is 0 Å². The zero-order valence-corrected chi connectivity index (χ0v) is 12.5.